The standard InChI is InChI=1S/C28H24N2O6S/c1-4-36-21-12-7-17(13-15(21)2)25(32)23-24(16-5-8-18(31)9-6-16)30(27(34)26(23)33)28-29-20-11-10-19(35-3)14-22(20)37-28/h5-14,24,31-32H,4H2,1-3H3/b25-23+. The minimum Gasteiger partial charge on any atom is -0.508 e. The smallest absolute Gasteiger partial charge is 0.301 e. The molecule has 0 bridgehead atoms. The van der Waals surface area contributed by atoms with Crippen molar-refractivity contribution in [3.8, 4) is 17.2 Å². The predicted octanol–water partition coefficient (Wildman–Crippen LogP) is 5.34. The van der Waals surface area contributed by atoms with Crippen molar-refractivity contribution in [1.29, 1.82) is 0 Å². The van der Waals surface area contributed by atoms with E-state index in [0.29, 0.717) is 39.9 Å². The number of phenolic OH excluding ortho intramolecular Hbond substituents is 1. The number of aromatic hydroxyl groups is 1. The van der Waals surface area contributed by atoms with Gasteiger partial charge in [-0.1, -0.05) is 23.5 Å². The molecule has 0 spiro atoms. The number of aliphatic hydroxyl groups excluding tert-OH is 1. The topological polar surface area (TPSA) is 109 Å². The number of thiazole rings is 1. The number of nitrogens with zero attached hydrogens (tertiary/aromatic N) is 2. The lowest BCUT2D eigenvalue weighted by Crippen LogP contribution is -2.29. The Hall–Kier alpha value is -4.37. The molecule has 2 N–H and O–H groups in total. The number of aliphatic hydroxyl groups is 1. The molecule has 8 nitrogen and oxygen atoms in total. The quantitative estimate of drug-likeness (QED) is 0.202. The van der Waals surface area contributed by atoms with Crippen LogP contribution in [0.4, 0.5) is 5.13 Å². The average molecular weight is 517 g/mol. The molecule has 1 saturated heterocycles. The summed E-state index contributed by atoms with van der Waals surface area (Å²) in [6, 6.07) is 15.7. The van der Waals surface area contributed by atoms with Crippen molar-refractivity contribution in [2.24, 2.45) is 0 Å². The number of rotatable bonds is 6. The highest BCUT2D eigenvalue weighted by Crippen LogP contribution is 2.45. The van der Waals surface area contributed by atoms with Crippen LogP contribution in [0.2, 0.25) is 0 Å². The molecule has 5 rings (SSSR count). The molecule has 0 saturated carbocycles. The Labute approximate surface area is 217 Å². The van der Waals surface area contributed by atoms with Gasteiger partial charge in [-0.05, 0) is 73.5 Å². The molecule has 1 amide bonds. The molecule has 1 unspecified atom stereocenters. The van der Waals surface area contributed by atoms with E-state index in [-0.39, 0.29) is 17.1 Å². The van der Waals surface area contributed by atoms with Gasteiger partial charge < -0.3 is 19.7 Å². The molecule has 1 aromatic heterocycles. The zero-order chi connectivity index (χ0) is 26.3. The first kappa shape index (κ1) is 24.3. The average Bonchev–Trinajstić information content (AvgIpc) is 3.43. The van der Waals surface area contributed by atoms with Crippen LogP contribution in [0, 0.1) is 6.92 Å². The maximum Gasteiger partial charge on any atom is 0.301 e. The van der Waals surface area contributed by atoms with Gasteiger partial charge in [0, 0.05) is 5.56 Å². The lowest BCUT2D eigenvalue weighted by molar-refractivity contribution is -0.132. The largest absolute Gasteiger partial charge is 0.508 e. The van der Waals surface area contributed by atoms with Gasteiger partial charge in [-0.15, -0.1) is 0 Å². The first-order valence-corrected chi connectivity index (χ1v) is 12.4. The minimum absolute atomic E-state index is 0.0370. The zero-order valence-electron chi connectivity index (χ0n) is 20.4. The Bertz CT molecular complexity index is 1560. The molecule has 188 valence electrons. The molecule has 37 heavy (non-hydrogen) atoms. The molecule has 9 heteroatoms. The van der Waals surface area contributed by atoms with Gasteiger partial charge in [-0.3, -0.25) is 14.5 Å². The van der Waals surface area contributed by atoms with E-state index in [2.05, 4.69) is 4.98 Å². The van der Waals surface area contributed by atoms with Crippen LogP contribution in [0.15, 0.2) is 66.2 Å². The Kier molecular flexibility index (Phi) is 6.31. The first-order chi connectivity index (χ1) is 17.8. The Balaban J connectivity index is 1.69. The summed E-state index contributed by atoms with van der Waals surface area (Å²) in [5.41, 5.74) is 2.29. The summed E-state index contributed by atoms with van der Waals surface area (Å²) in [5, 5.41) is 21.5. The van der Waals surface area contributed by atoms with E-state index in [4.69, 9.17) is 9.47 Å². The van der Waals surface area contributed by atoms with Crippen LogP contribution in [0.25, 0.3) is 16.0 Å². The molecule has 1 aliphatic rings. The number of amides is 1. The van der Waals surface area contributed by atoms with Crippen LogP contribution in [-0.4, -0.2) is 40.6 Å². The van der Waals surface area contributed by atoms with Crippen molar-refractivity contribution in [3.05, 3.63) is 82.9 Å². The third kappa shape index (κ3) is 4.27. The lowest BCUT2D eigenvalue weighted by atomic mass is 9.95. The van der Waals surface area contributed by atoms with Gasteiger partial charge in [0.2, 0.25) is 0 Å². The van der Waals surface area contributed by atoms with Gasteiger partial charge >= 0.3 is 5.91 Å². The van der Waals surface area contributed by atoms with Gasteiger partial charge in [0.05, 0.1) is 35.5 Å². The van der Waals surface area contributed by atoms with E-state index in [0.717, 1.165) is 10.3 Å². The van der Waals surface area contributed by atoms with Gasteiger partial charge in [-0.2, -0.15) is 0 Å². The second-order valence-corrected chi connectivity index (χ2v) is 9.51. The predicted molar refractivity (Wildman–Crippen MR) is 141 cm³/mol. The number of ketones is 1. The van der Waals surface area contributed by atoms with E-state index < -0.39 is 17.7 Å². The van der Waals surface area contributed by atoms with Crippen LogP contribution in [0.1, 0.15) is 29.7 Å². The lowest BCUT2D eigenvalue weighted by Gasteiger charge is -2.23. The summed E-state index contributed by atoms with van der Waals surface area (Å²) in [6.07, 6.45) is 0. The SMILES string of the molecule is CCOc1ccc(/C(O)=C2\C(=O)C(=O)N(c3nc4ccc(OC)cc4s3)C2c2ccc(O)cc2)cc1C. The van der Waals surface area contributed by atoms with Gasteiger partial charge in [-0.25, -0.2) is 4.98 Å². The molecule has 1 aliphatic heterocycles. The third-order valence-corrected chi connectivity index (χ3v) is 7.21. The molecule has 3 aromatic carbocycles. The summed E-state index contributed by atoms with van der Waals surface area (Å²) < 4.78 is 11.7. The van der Waals surface area contributed by atoms with E-state index >= 15 is 0 Å². The van der Waals surface area contributed by atoms with Gasteiger partial charge in [0.1, 0.15) is 23.0 Å². The number of aryl methyl sites for hydroxylation is 1. The van der Waals surface area contributed by atoms with E-state index in [1.807, 2.05) is 19.9 Å². The van der Waals surface area contributed by atoms with Crippen LogP contribution in [0.5, 0.6) is 17.2 Å². The van der Waals surface area contributed by atoms with Crippen LogP contribution in [0.3, 0.4) is 0 Å². The van der Waals surface area contributed by atoms with E-state index in [1.165, 1.54) is 28.4 Å². The van der Waals surface area contributed by atoms with Gasteiger partial charge in [0.25, 0.3) is 5.78 Å². The van der Waals surface area contributed by atoms with Crippen LogP contribution >= 0.6 is 11.3 Å². The number of hydrogen-bond donors (Lipinski definition) is 2. The normalized spacial score (nSPS) is 16.9. The highest BCUT2D eigenvalue weighted by atomic mass is 32.1. The Morgan fingerprint density at radius 1 is 1.08 bits per heavy atom. The number of benzene rings is 3. The van der Waals surface area contributed by atoms with Crippen molar-refractivity contribution < 1.29 is 29.3 Å². The second-order valence-electron chi connectivity index (χ2n) is 8.50. The minimum atomic E-state index is -0.949. The number of aromatic nitrogens is 1. The number of carbonyl (C=O) groups is 2. The van der Waals surface area contributed by atoms with Gasteiger partial charge in [0.15, 0.2) is 5.13 Å². The number of ether oxygens (including phenoxy) is 2. The molecular weight excluding hydrogens is 492 g/mol. The molecule has 4 aromatic rings. The fraction of sp³-hybridized carbons (Fsp3) is 0.179. The van der Waals surface area contributed by atoms with E-state index in [1.54, 1.807) is 49.6 Å². The zero-order valence-corrected chi connectivity index (χ0v) is 21.2. The first-order valence-electron chi connectivity index (χ1n) is 11.6. The number of methoxy groups -OCH3 is 1. The summed E-state index contributed by atoms with van der Waals surface area (Å²) in [4.78, 5) is 32.7. The maximum atomic E-state index is 13.4. The van der Waals surface area contributed by atoms with Crippen molar-refractivity contribution in [2.75, 3.05) is 18.6 Å². The van der Waals surface area contributed by atoms with Crippen molar-refractivity contribution in [2.45, 2.75) is 19.9 Å². The highest BCUT2D eigenvalue weighted by Gasteiger charge is 2.48. The summed E-state index contributed by atoms with van der Waals surface area (Å²) in [5.74, 6) is -0.569. The van der Waals surface area contributed by atoms with Crippen LogP contribution in [-0.2, 0) is 9.59 Å². The second kappa shape index (κ2) is 9.59. The molecule has 2 heterocycles. The summed E-state index contributed by atoms with van der Waals surface area (Å²) >= 11 is 1.24. The molecule has 0 radical (unpaired) electrons. The number of carbonyl (C=O) groups excluding carboxylic acids is 2. The van der Waals surface area contributed by atoms with Crippen molar-refractivity contribution in [1.82, 2.24) is 4.98 Å². The fourth-order valence-corrected chi connectivity index (χ4v) is 5.41. The fourth-order valence-electron chi connectivity index (χ4n) is 4.39. The van der Waals surface area contributed by atoms with E-state index in [9.17, 15) is 19.8 Å². The summed E-state index contributed by atoms with van der Waals surface area (Å²) in [6.45, 7) is 4.21. The number of phenols is 1. The monoisotopic (exact) mass is 516 g/mol. The number of hydrogen-bond acceptors (Lipinski definition) is 8. The number of fused-ring (bicyclic) bond motifs is 1. The Morgan fingerprint density at radius 3 is 2.51 bits per heavy atom. The highest BCUT2D eigenvalue weighted by molar-refractivity contribution is 7.22. The molecule has 0 aliphatic carbocycles. The molecule has 1 fully saturated rings. The Morgan fingerprint density at radius 2 is 1.84 bits per heavy atom. The molecular formula is C28H24N2O6S. The van der Waals surface area contributed by atoms with Crippen LogP contribution < -0.4 is 14.4 Å². The third-order valence-electron chi connectivity index (χ3n) is 6.19. The van der Waals surface area contributed by atoms with Crippen molar-refractivity contribution >= 4 is 44.1 Å². The summed E-state index contributed by atoms with van der Waals surface area (Å²) in [7, 11) is 1.56. The van der Waals surface area contributed by atoms with Crippen molar-refractivity contribution in [3.63, 3.8) is 0 Å². The number of Topliss-reactive ketones (excluding diaryl/α,β-unsaturated/α-hetero) is 1. The maximum absolute atomic E-state index is 13.4. The number of anilines is 1. The molecule has 1 atom stereocenters.